The van der Waals surface area contributed by atoms with Crippen LogP contribution in [0.5, 0.6) is 0 Å². The Labute approximate surface area is 135 Å². The van der Waals surface area contributed by atoms with Crippen molar-refractivity contribution in [2.24, 2.45) is 0 Å². The number of β-amino-alcohol motifs (C(OH)–C–C–N with tert-alkyl or cyclic N) is 1. The van der Waals surface area contributed by atoms with Gasteiger partial charge in [0.05, 0.1) is 12.6 Å². The number of aliphatic hydroxyl groups excluding tert-OH is 1. The first-order valence-corrected chi connectivity index (χ1v) is 7.72. The number of carbonyl (C=O) groups excluding carboxylic acids is 1. The van der Waals surface area contributed by atoms with E-state index in [0.717, 1.165) is 5.56 Å². The van der Waals surface area contributed by atoms with Crippen LogP contribution in [-0.2, 0) is 9.57 Å². The number of piperidine rings is 1. The van der Waals surface area contributed by atoms with E-state index in [9.17, 15) is 9.90 Å². The Morgan fingerprint density at radius 2 is 1.95 bits per heavy atom. The van der Waals surface area contributed by atoms with Crippen LogP contribution >= 0.6 is 11.6 Å². The Hall–Kier alpha value is -1.30. The average molecular weight is 328 g/mol. The van der Waals surface area contributed by atoms with E-state index >= 15 is 0 Å². The van der Waals surface area contributed by atoms with E-state index in [0.29, 0.717) is 18.0 Å². The molecule has 0 spiro atoms. The molecule has 0 aromatic heterocycles. The quantitative estimate of drug-likeness (QED) is 0.844. The summed E-state index contributed by atoms with van der Waals surface area (Å²) in [6, 6.07) is 7.46. The molecule has 122 valence electrons. The molecule has 1 heterocycles. The smallest absolute Gasteiger partial charge is 0.427 e. The van der Waals surface area contributed by atoms with Gasteiger partial charge in [-0.1, -0.05) is 23.7 Å². The van der Waals surface area contributed by atoms with Gasteiger partial charge in [0.1, 0.15) is 5.60 Å². The number of rotatable bonds is 2. The van der Waals surface area contributed by atoms with Gasteiger partial charge in [-0.05, 0) is 44.9 Å². The summed E-state index contributed by atoms with van der Waals surface area (Å²) >= 11 is 5.88. The predicted molar refractivity (Wildman–Crippen MR) is 83.7 cm³/mol. The van der Waals surface area contributed by atoms with Gasteiger partial charge < -0.3 is 14.7 Å². The highest BCUT2D eigenvalue weighted by Gasteiger charge is 2.31. The van der Waals surface area contributed by atoms with Crippen molar-refractivity contribution in [2.75, 3.05) is 13.1 Å². The fraction of sp³-hybridized carbons (Fsp3) is 0.562. The lowest BCUT2D eigenvalue weighted by Crippen LogP contribution is -2.44. The van der Waals surface area contributed by atoms with Crippen molar-refractivity contribution >= 4 is 17.8 Å². The summed E-state index contributed by atoms with van der Waals surface area (Å²) in [5.41, 5.74) is 0.436. The molecule has 1 aromatic carbocycles. The van der Waals surface area contributed by atoms with Crippen LogP contribution in [0.4, 0.5) is 4.79 Å². The van der Waals surface area contributed by atoms with Crippen LogP contribution in [0.25, 0.3) is 0 Å². The number of benzene rings is 1. The Bertz CT molecular complexity index is 512. The van der Waals surface area contributed by atoms with Gasteiger partial charge in [0.2, 0.25) is 0 Å². The Morgan fingerprint density at radius 3 is 2.50 bits per heavy atom. The van der Waals surface area contributed by atoms with E-state index in [2.05, 4.69) is 0 Å². The number of hydroxylamine groups is 2. The summed E-state index contributed by atoms with van der Waals surface area (Å²) in [4.78, 5) is 16.8. The SMILES string of the molecule is CC(C)(C)OC(=O)ON1CCC(c2ccc(Cl)cc2)C(O)C1. The molecule has 1 fully saturated rings. The molecule has 2 atom stereocenters. The van der Waals surface area contributed by atoms with Gasteiger partial charge in [0.25, 0.3) is 0 Å². The molecule has 0 amide bonds. The zero-order valence-electron chi connectivity index (χ0n) is 13.1. The van der Waals surface area contributed by atoms with Gasteiger partial charge in [-0.15, -0.1) is 5.06 Å². The number of carbonyl (C=O) groups is 1. The van der Waals surface area contributed by atoms with Gasteiger partial charge >= 0.3 is 6.16 Å². The second-order valence-corrected chi connectivity index (χ2v) is 6.89. The molecule has 1 N–H and O–H groups in total. The monoisotopic (exact) mass is 327 g/mol. The molecule has 22 heavy (non-hydrogen) atoms. The molecule has 1 aliphatic heterocycles. The highest BCUT2D eigenvalue weighted by atomic mass is 35.5. The summed E-state index contributed by atoms with van der Waals surface area (Å²) in [5.74, 6) is 0.00996. The Morgan fingerprint density at radius 1 is 1.32 bits per heavy atom. The van der Waals surface area contributed by atoms with Crippen LogP contribution in [0.2, 0.25) is 5.02 Å². The van der Waals surface area contributed by atoms with E-state index in [1.807, 2.05) is 24.3 Å². The second-order valence-electron chi connectivity index (χ2n) is 6.46. The molecule has 1 aliphatic rings. The average Bonchev–Trinajstić information content (AvgIpc) is 2.38. The fourth-order valence-corrected chi connectivity index (χ4v) is 2.58. The van der Waals surface area contributed by atoms with Crippen molar-refractivity contribution < 1.29 is 19.5 Å². The minimum atomic E-state index is -0.746. The van der Waals surface area contributed by atoms with Gasteiger partial charge in [0.15, 0.2) is 0 Å². The van der Waals surface area contributed by atoms with E-state index in [-0.39, 0.29) is 12.5 Å². The van der Waals surface area contributed by atoms with Gasteiger partial charge in [-0.25, -0.2) is 4.79 Å². The van der Waals surface area contributed by atoms with Crippen molar-refractivity contribution in [3.8, 4) is 0 Å². The lowest BCUT2D eigenvalue weighted by Gasteiger charge is -2.34. The molecule has 0 radical (unpaired) electrons. The number of hydrogen-bond acceptors (Lipinski definition) is 5. The minimum Gasteiger partial charge on any atom is -0.427 e. The maximum absolute atomic E-state index is 11.6. The van der Waals surface area contributed by atoms with Crippen LogP contribution in [0, 0.1) is 0 Å². The lowest BCUT2D eigenvalue weighted by atomic mass is 9.88. The lowest BCUT2D eigenvalue weighted by molar-refractivity contribution is -0.170. The molecular formula is C16H22ClNO4. The zero-order valence-corrected chi connectivity index (χ0v) is 13.8. The molecule has 6 heteroatoms. The number of halogens is 1. The number of hydrogen-bond donors (Lipinski definition) is 1. The first kappa shape index (κ1) is 17.1. The second kappa shape index (κ2) is 6.86. The van der Waals surface area contributed by atoms with Gasteiger partial charge in [-0.3, -0.25) is 0 Å². The maximum atomic E-state index is 11.6. The van der Waals surface area contributed by atoms with Crippen molar-refractivity contribution in [3.63, 3.8) is 0 Å². The molecule has 2 rings (SSSR count). The van der Waals surface area contributed by atoms with E-state index < -0.39 is 17.9 Å². The van der Waals surface area contributed by atoms with Crippen molar-refractivity contribution in [1.29, 1.82) is 0 Å². The largest absolute Gasteiger partial charge is 0.528 e. The first-order valence-electron chi connectivity index (χ1n) is 7.34. The molecule has 1 aromatic rings. The summed E-state index contributed by atoms with van der Waals surface area (Å²) in [6.45, 7) is 6.12. The van der Waals surface area contributed by atoms with Crippen LogP contribution in [-0.4, -0.2) is 41.1 Å². The standard InChI is InChI=1S/C16H22ClNO4/c1-16(2,3)21-15(20)22-18-9-8-13(14(19)10-18)11-4-6-12(17)7-5-11/h4-7,13-14,19H,8-10H2,1-3H3. The molecule has 0 bridgehead atoms. The third kappa shape index (κ3) is 4.87. The van der Waals surface area contributed by atoms with E-state index in [4.69, 9.17) is 21.2 Å². The minimum absolute atomic E-state index is 0.00996. The van der Waals surface area contributed by atoms with Gasteiger partial charge in [0, 0.05) is 17.5 Å². The van der Waals surface area contributed by atoms with Crippen molar-refractivity contribution in [1.82, 2.24) is 5.06 Å². The third-order valence-corrected chi connectivity index (χ3v) is 3.69. The first-order chi connectivity index (χ1) is 10.2. The fourth-order valence-electron chi connectivity index (χ4n) is 2.46. The van der Waals surface area contributed by atoms with Crippen LogP contribution < -0.4 is 0 Å². The Balaban J connectivity index is 1.90. The normalized spacial score (nSPS) is 23.1. The molecule has 1 saturated heterocycles. The molecule has 5 nitrogen and oxygen atoms in total. The van der Waals surface area contributed by atoms with Crippen LogP contribution in [0.1, 0.15) is 38.7 Å². The topological polar surface area (TPSA) is 59.0 Å². The van der Waals surface area contributed by atoms with E-state index in [1.165, 1.54) is 5.06 Å². The number of aliphatic hydroxyl groups is 1. The van der Waals surface area contributed by atoms with E-state index in [1.54, 1.807) is 20.8 Å². The number of nitrogens with zero attached hydrogens (tertiary/aromatic N) is 1. The van der Waals surface area contributed by atoms with Crippen molar-refractivity contribution in [3.05, 3.63) is 34.9 Å². The summed E-state index contributed by atoms with van der Waals surface area (Å²) < 4.78 is 5.10. The molecular weight excluding hydrogens is 306 g/mol. The molecule has 0 aliphatic carbocycles. The van der Waals surface area contributed by atoms with Crippen molar-refractivity contribution in [2.45, 2.75) is 44.8 Å². The van der Waals surface area contributed by atoms with Gasteiger partial charge in [-0.2, -0.15) is 0 Å². The maximum Gasteiger partial charge on any atom is 0.528 e. The highest BCUT2D eigenvalue weighted by molar-refractivity contribution is 6.30. The summed E-state index contributed by atoms with van der Waals surface area (Å²) in [6.07, 6.45) is -0.673. The zero-order chi connectivity index (χ0) is 16.3. The number of ether oxygens (including phenoxy) is 1. The third-order valence-electron chi connectivity index (χ3n) is 3.44. The van der Waals surface area contributed by atoms with Crippen LogP contribution in [0.3, 0.4) is 0 Å². The molecule has 0 saturated carbocycles. The summed E-state index contributed by atoms with van der Waals surface area (Å²) in [7, 11) is 0. The highest BCUT2D eigenvalue weighted by Crippen LogP contribution is 2.29. The summed E-state index contributed by atoms with van der Waals surface area (Å²) in [5, 5.41) is 12.4. The predicted octanol–water partition coefficient (Wildman–Crippen LogP) is 3.36. The molecule has 2 unspecified atom stereocenters. The Kier molecular flexibility index (Phi) is 5.32. The van der Waals surface area contributed by atoms with Crippen LogP contribution in [0.15, 0.2) is 24.3 Å².